The van der Waals surface area contributed by atoms with Crippen molar-refractivity contribution in [1.82, 2.24) is 14.5 Å². The fourth-order valence-corrected chi connectivity index (χ4v) is 3.99. The van der Waals surface area contributed by atoms with Gasteiger partial charge in [-0.15, -0.1) is 0 Å². The Morgan fingerprint density at radius 1 is 0.846 bits per heavy atom. The fourth-order valence-electron chi connectivity index (χ4n) is 3.99. The van der Waals surface area contributed by atoms with Gasteiger partial charge in [-0.2, -0.15) is 4.99 Å². The lowest BCUT2D eigenvalue weighted by Gasteiger charge is -2.15. The van der Waals surface area contributed by atoms with E-state index in [1.165, 1.54) is 18.2 Å². The molecule has 0 radical (unpaired) electrons. The van der Waals surface area contributed by atoms with Crippen molar-refractivity contribution < 1.29 is 19.5 Å². The van der Waals surface area contributed by atoms with Crippen molar-refractivity contribution in [2.75, 3.05) is 0 Å². The predicted molar refractivity (Wildman–Crippen MR) is 144 cm³/mol. The van der Waals surface area contributed by atoms with Gasteiger partial charge in [0.15, 0.2) is 0 Å². The average molecular weight is 529 g/mol. The zero-order chi connectivity index (χ0) is 28.1. The van der Waals surface area contributed by atoms with E-state index < -0.39 is 35.7 Å². The van der Waals surface area contributed by atoms with Crippen LogP contribution in [0.3, 0.4) is 0 Å². The van der Waals surface area contributed by atoms with Gasteiger partial charge in [0.25, 0.3) is 5.56 Å². The second-order valence-electron chi connectivity index (χ2n) is 8.60. The highest BCUT2D eigenvalue weighted by molar-refractivity contribution is 6.02. The van der Waals surface area contributed by atoms with Crippen molar-refractivity contribution in [2.45, 2.75) is 19.6 Å². The summed E-state index contributed by atoms with van der Waals surface area (Å²) in [6.45, 7) is -0.338. The Morgan fingerprint density at radius 3 is 2.15 bits per heavy atom. The molecule has 0 unspecified atom stereocenters. The number of amides is 3. The fraction of sp³-hybridized carbons (Fsp3) is 0.111. The monoisotopic (exact) mass is 528 g/mol. The number of carbonyl (C=O) groups excluding carboxylic acids is 2. The van der Waals surface area contributed by atoms with E-state index in [0.717, 1.165) is 14.7 Å². The molecule has 6 N–H and O–H groups in total. The molecule has 198 valence electrons. The van der Waals surface area contributed by atoms with Gasteiger partial charge in [-0.3, -0.25) is 23.5 Å². The maximum atomic E-state index is 13.4. The summed E-state index contributed by atoms with van der Waals surface area (Å²) < 4.78 is 2.17. The van der Waals surface area contributed by atoms with Crippen LogP contribution >= 0.6 is 0 Å². The molecule has 12 nitrogen and oxygen atoms in total. The number of fused-ring (bicyclic) bond motifs is 1. The Labute approximate surface area is 220 Å². The van der Waals surface area contributed by atoms with Crippen LogP contribution in [0.1, 0.15) is 27.0 Å². The van der Waals surface area contributed by atoms with Gasteiger partial charge in [0.05, 0.1) is 17.4 Å². The summed E-state index contributed by atoms with van der Waals surface area (Å²) in [6.07, 6.45) is -1.41. The van der Waals surface area contributed by atoms with Crippen molar-refractivity contribution in [1.29, 1.82) is 0 Å². The van der Waals surface area contributed by atoms with Gasteiger partial charge in [0.1, 0.15) is 12.4 Å². The lowest BCUT2D eigenvalue weighted by Crippen LogP contribution is -2.42. The van der Waals surface area contributed by atoms with E-state index in [-0.39, 0.29) is 35.4 Å². The largest absolute Gasteiger partial charge is 0.463 e. The van der Waals surface area contributed by atoms with E-state index in [9.17, 15) is 24.0 Å². The molecule has 1 aromatic heterocycles. The maximum absolute atomic E-state index is 13.4. The minimum absolute atomic E-state index is 0.00566. The minimum atomic E-state index is -1.41. The third kappa shape index (κ3) is 6.07. The number of amidine groups is 1. The average Bonchev–Trinajstić information content (AvgIpc) is 2.92. The smallest absolute Gasteiger partial charge is 0.433 e. The summed E-state index contributed by atoms with van der Waals surface area (Å²) >= 11 is 0. The number of hydrogen-bond donors (Lipinski definition) is 4. The number of aromatic nitrogens is 2. The molecule has 0 aliphatic carbocycles. The number of nitrogens with one attached hydrogen (secondary N) is 1. The number of benzene rings is 3. The summed E-state index contributed by atoms with van der Waals surface area (Å²) in [4.78, 5) is 65.2. The number of hydrogen-bond acceptors (Lipinski definition) is 5. The van der Waals surface area contributed by atoms with Gasteiger partial charge in [-0.05, 0) is 29.3 Å². The van der Waals surface area contributed by atoms with E-state index in [1.807, 2.05) is 6.07 Å². The van der Waals surface area contributed by atoms with Crippen LogP contribution in [-0.4, -0.2) is 38.0 Å². The van der Waals surface area contributed by atoms with Crippen LogP contribution in [-0.2, 0) is 24.4 Å². The second-order valence-corrected chi connectivity index (χ2v) is 8.60. The van der Waals surface area contributed by atoms with Crippen LogP contribution in [0, 0.1) is 0 Å². The summed E-state index contributed by atoms with van der Waals surface area (Å²) in [5.41, 5.74) is 11.7. The van der Waals surface area contributed by atoms with Crippen molar-refractivity contribution in [3.8, 4) is 0 Å². The number of nitrogens with two attached hydrogens (primary N) is 2. The first-order valence-electron chi connectivity index (χ1n) is 11.7. The van der Waals surface area contributed by atoms with Crippen LogP contribution < -0.4 is 28.0 Å². The first-order valence-corrected chi connectivity index (χ1v) is 11.7. The standard InChI is InChI=1S/C27H24N6O6/c28-23(31-26(37)38)18-8-6-16(7-9-18)13-30-22(34)15-32-21-12-19(24(29)35)10-11-20(21)25(36)33(27(32)39)14-17-4-2-1-3-5-17/h1-12H,13-15H2,(H2,28,31)(H2,29,35)(H,30,34)(H,37,38). The highest BCUT2D eigenvalue weighted by Crippen LogP contribution is 2.13. The molecule has 0 spiro atoms. The zero-order valence-corrected chi connectivity index (χ0v) is 20.5. The molecule has 4 rings (SSSR count). The molecule has 0 fully saturated rings. The van der Waals surface area contributed by atoms with Gasteiger partial charge < -0.3 is 21.9 Å². The Kier molecular flexibility index (Phi) is 7.66. The molecular weight excluding hydrogens is 504 g/mol. The summed E-state index contributed by atoms with van der Waals surface area (Å²) in [6, 6.07) is 19.5. The van der Waals surface area contributed by atoms with Gasteiger partial charge in [-0.25, -0.2) is 9.59 Å². The number of primary amides is 1. The van der Waals surface area contributed by atoms with E-state index in [1.54, 1.807) is 48.5 Å². The van der Waals surface area contributed by atoms with E-state index in [0.29, 0.717) is 11.1 Å². The Hall–Kier alpha value is -5.52. The molecule has 12 heteroatoms. The first kappa shape index (κ1) is 26.5. The molecule has 0 aliphatic rings. The molecule has 0 saturated carbocycles. The number of aliphatic imine (C=N–C) groups is 1. The SMILES string of the molecule is NC(=O)c1ccc2c(=O)n(Cc3ccccc3)c(=O)n(CC(=O)NCc3ccc(C(N)=NC(=O)O)cc3)c2c1. The number of nitrogens with zero attached hydrogens (tertiary/aromatic N) is 3. The second kappa shape index (κ2) is 11.3. The molecule has 3 amide bonds. The van der Waals surface area contributed by atoms with Gasteiger partial charge >= 0.3 is 11.8 Å². The normalized spacial score (nSPS) is 11.3. The number of carboxylic acid groups (broad SMARTS) is 1. The highest BCUT2D eigenvalue weighted by Gasteiger charge is 2.17. The Balaban J connectivity index is 1.63. The number of carbonyl (C=O) groups is 3. The molecule has 0 bridgehead atoms. The summed E-state index contributed by atoms with van der Waals surface area (Å²) in [5, 5.41) is 11.6. The molecule has 4 aromatic rings. The summed E-state index contributed by atoms with van der Waals surface area (Å²) in [7, 11) is 0. The van der Waals surface area contributed by atoms with Gasteiger partial charge in [-0.1, -0.05) is 54.6 Å². The lowest BCUT2D eigenvalue weighted by atomic mass is 10.1. The molecular formula is C27H24N6O6. The van der Waals surface area contributed by atoms with Crippen molar-refractivity contribution >= 4 is 34.6 Å². The minimum Gasteiger partial charge on any atom is -0.463 e. The molecule has 0 aliphatic heterocycles. The number of rotatable bonds is 8. The lowest BCUT2D eigenvalue weighted by molar-refractivity contribution is -0.121. The van der Waals surface area contributed by atoms with Crippen LogP contribution in [0.25, 0.3) is 10.9 Å². The Bertz CT molecular complexity index is 1720. The zero-order valence-electron chi connectivity index (χ0n) is 20.5. The predicted octanol–water partition coefficient (Wildman–Crippen LogP) is 1.01. The van der Waals surface area contributed by atoms with E-state index >= 15 is 0 Å². The maximum Gasteiger partial charge on any atom is 0.433 e. The molecule has 0 saturated heterocycles. The van der Waals surface area contributed by atoms with Crippen LogP contribution in [0.5, 0.6) is 0 Å². The third-order valence-corrected chi connectivity index (χ3v) is 5.95. The summed E-state index contributed by atoms with van der Waals surface area (Å²) in [5.74, 6) is -1.43. The van der Waals surface area contributed by atoms with Crippen LogP contribution in [0.15, 0.2) is 87.4 Å². The van der Waals surface area contributed by atoms with Crippen molar-refractivity contribution in [2.24, 2.45) is 16.5 Å². The quantitative estimate of drug-likeness (QED) is 0.194. The van der Waals surface area contributed by atoms with Gasteiger partial charge in [0, 0.05) is 17.7 Å². The third-order valence-electron chi connectivity index (χ3n) is 5.95. The molecule has 39 heavy (non-hydrogen) atoms. The Morgan fingerprint density at radius 2 is 1.51 bits per heavy atom. The van der Waals surface area contributed by atoms with E-state index in [4.69, 9.17) is 16.6 Å². The molecule has 1 heterocycles. The topological polar surface area (TPSA) is 192 Å². The first-order chi connectivity index (χ1) is 18.6. The van der Waals surface area contributed by atoms with E-state index in [2.05, 4.69) is 10.3 Å². The van der Waals surface area contributed by atoms with Crippen molar-refractivity contribution in [3.63, 3.8) is 0 Å². The molecule has 0 atom stereocenters. The molecule has 3 aromatic carbocycles. The van der Waals surface area contributed by atoms with Gasteiger partial charge in [0.2, 0.25) is 11.8 Å². The van der Waals surface area contributed by atoms with Crippen LogP contribution in [0.2, 0.25) is 0 Å². The van der Waals surface area contributed by atoms with Crippen LogP contribution in [0.4, 0.5) is 4.79 Å². The highest BCUT2D eigenvalue weighted by atomic mass is 16.4. The van der Waals surface area contributed by atoms with Crippen molar-refractivity contribution in [3.05, 3.63) is 116 Å².